The highest BCUT2D eigenvalue weighted by atomic mass is 16.5. The molecule has 1 rings (SSSR count). The molecular weight excluding hydrogens is 318 g/mol. The maximum absolute atomic E-state index is 10.1. The molecule has 0 aromatic heterocycles. The molecule has 0 spiro atoms. The second-order valence-electron chi connectivity index (χ2n) is 6.12. The zero-order chi connectivity index (χ0) is 18.7. The highest BCUT2D eigenvalue weighted by molar-refractivity contribution is 5.79. The Morgan fingerprint density at radius 3 is 2.60 bits per heavy atom. The van der Waals surface area contributed by atoms with Crippen molar-refractivity contribution in [1.82, 2.24) is 10.6 Å². The number of phenolic OH excluding ortho intramolecular Hbond substituents is 1. The van der Waals surface area contributed by atoms with Crippen LogP contribution in [-0.2, 0) is 11.3 Å². The molecule has 0 saturated heterocycles. The molecule has 0 radical (unpaired) electrons. The van der Waals surface area contributed by atoms with Crippen molar-refractivity contribution in [3.8, 4) is 11.5 Å². The summed E-state index contributed by atoms with van der Waals surface area (Å²) in [6.45, 7) is 11.0. The van der Waals surface area contributed by atoms with Gasteiger partial charge in [-0.25, -0.2) is 4.99 Å². The summed E-state index contributed by atoms with van der Waals surface area (Å²) in [5.74, 6) is 1.81. The fraction of sp³-hybridized carbons (Fsp3) is 0.632. The number of nitrogens with zero attached hydrogens (tertiary/aromatic N) is 1. The molecule has 0 fully saturated rings. The Morgan fingerprint density at radius 2 is 2.00 bits per heavy atom. The van der Waals surface area contributed by atoms with Crippen molar-refractivity contribution in [2.24, 2.45) is 10.9 Å². The summed E-state index contributed by atoms with van der Waals surface area (Å²) in [5, 5.41) is 16.7. The molecule has 142 valence electrons. The highest BCUT2D eigenvalue weighted by Gasteiger charge is 2.13. The number of guanidine groups is 1. The lowest BCUT2D eigenvalue weighted by Gasteiger charge is -2.21. The van der Waals surface area contributed by atoms with Crippen LogP contribution >= 0.6 is 0 Å². The number of hydrogen-bond donors (Lipinski definition) is 3. The van der Waals surface area contributed by atoms with Crippen LogP contribution in [-0.4, -0.2) is 44.0 Å². The largest absolute Gasteiger partial charge is 0.504 e. The lowest BCUT2D eigenvalue weighted by atomic mass is 10.0. The van der Waals surface area contributed by atoms with Crippen LogP contribution < -0.4 is 15.4 Å². The Balaban J connectivity index is 2.65. The Bertz CT molecular complexity index is 533. The monoisotopic (exact) mass is 351 g/mol. The van der Waals surface area contributed by atoms with E-state index in [4.69, 9.17) is 9.47 Å². The predicted molar refractivity (Wildman–Crippen MR) is 102 cm³/mol. The van der Waals surface area contributed by atoms with Gasteiger partial charge in [0.1, 0.15) is 0 Å². The standard InChI is InChI=1S/C19H33N3O3/c1-6-20-19(21-12-11-16(14(3)4)25-7-2)22-13-15-9-8-10-17(24-5)18(15)23/h8-10,14,16,23H,6-7,11-13H2,1-5H3,(H2,20,21,22). The summed E-state index contributed by atoms with van der Waals surface area (Å²) >= 11 is 0. The van der Waals surface area contributed by atoms with Crippen LogP contribution in [0.25, 0.3) is 0 Å². The molecule has 1 aromatic rings. The van der Waals surface area contributed by atoms with E-state index in [0.29, 0.717) is 18.2 Å². The Kier molecular flexibility index (Phi) is 9.77. The third kappa shape index (κ3) is 7.22. The maximum atomic E-state index is 10.1. The average Bonchev–Trinajstić information content (AvgIpc) is 2.59. The molecule has 6 nitrogen and oxygen atoms in total. The first kappa shape index (κ1) is 21.1. The molecule has 6 heteroatoms. The minimum Gasteiger partial charge on any atom is -0.504 e. The van der Waals surface area contributed by atoms with Gasteiger partial charge in [-0.2, -0.15) is 0 Å². The van der Waals surface area contributed by atoms with Crippen molar-refractivity contribution < 1.29 is 14.6 Å². The lowest BCUT2D eigenvalue weighted by molar-refractivity contribution is 0.0258. The molecule has 1 unspecified atom stereocenters. The van der Waals surface area contributed by atoms with E-state index < -0.39 is 0 Å². The van der Waals surface area contributed by atoms with Gasteiger partial charge >= 0.3 is 0 Å². The van der Waals surface area contributed by atoms with Crippen LogP contribution in [0.4, 0.5) is 0 Å². The second-order valence-corrected chi connectivity index (χ2v) is 6.12. The summed E-state index contributed by atoms with van der Waals surface area (Å²) in [4.78, 5) is 4.55. The molecule has 0 aliphatic heterocycles. The molecule has 25 heavy (non-hydrogen) atoms. The van der Waals surface area contributed by atoms with E-state index in [0.717, 1.165) is 37.6 Å². The van der Waals surface area contributed by atoms with Gasteiger partial charge in [0.05, 0.1) is 19.8 Å². The van der Waals surface area contributed by atoms with Crippen molar-refractivity contribution in [3.05, 3.63) is 23.8 Å². The van der Waals surface area contributed by atoms with E-state index in [1.807, 2.05) is 26.0 Å². The fourth-order valence-corrected chi connectivity index (χ4v) is 2.52. The third-order valence-corrected chi connectivity index (χ3v) is 3.90. The van der Waals surface area contributed by atoms with Crippen LogP contribution in [0.5, 0.6) is 11.5 Å². The van der Waals surface area contributed by atoms with Gasteiger partial charge in [0.25, 0.3) is 0 Å². The summed E-state index contributed by atoms with van der Waals surface area (Å²) in [6.07, 6.45) is 1.16. The SMILES string of the molecule is CCNC(=NCc1cccc(OC)c1O)NCCC(OCC)C(C)C. The van der Waals surface area contributed by atoms with Crippen LogP contribution in [0.2, 0.25) is 0 Å². The molecular formula is C19H33N3O3. The minimum absolute atomic E-state index is 0.140. The number of hydrogen-bond acceptors (Lipinski definition) is 4. The van der Waals surface area contributed by atoms with Crippen molar-refractivity contribution in [1.29, 1.82) is 0 Å². The first-order chi connectivity index (χ1) is 12.0. The topological polar surface area (TPSA) is 75.1 Å². The van der Waals surface area contributed by atoms with E-state index in [-0.39, 0.29) is 11.9 Å². The van der Waals surface area contributed by atoms with E-state index in [1.54, 1.807) is 6.07 Å². The number of ether oxygens (including phenoxy) is 2. The number of methoxy groups -OCH3 is 1. The predicted octanol–water partition coefficient (Wildman–Crippen LogP) is 2.91. The van der Waals surface area contributed by atoms with Gasteiger partial charge in [-0.3, -0.25) is 0 Å². The van der Waals surface area contributed by atoms with Crippen molar-refractivity contribution in [2.75, 3.05) is 26.8 Å². The van der Waals surface area contributed by atoms with Crippen molar-refractivity contribution >= 4 is 5.96 Å². The molecule has 0 heterocycles. The number of aliphatic imine (C=N–C) groups is 1. The number of nitrogens with one attached hydrogen (secondary N) is 2. The number of para-hydroxylation sites is 1. The minimum atomic E-state index is 0.140. The van der Waals surface area contributed by atoms with Crippen molar-refractivity contribution in [2.45, 2.75) is 46.8 Å². The molecule has 1 aromatic carbocycles. The Labute approximate surface area is 151 Å². The summed E-state index contributed by atoms with van der Waals surface area (Å²) in [6, 6.07) is 5.42. The maximum Gasteiger partial charge on any atom is 0.191 e. The zero-order valence-corrected chi connectivity index (χ0v) is 16.1. The van der Waals surface area contributed by atoms with Crippen LogP contribution in [0, 0.1) is 5.92 Å². The molecule has 0 amide bonds. The second kappa shape index (κ2) is 11.6. The smallest absolute Gasteiger partial charge is 0.191 e. The number of rotatable bonds is 10. The fourth-order valence-electron chi connectivity index (χ4n) is 2.52. The molecule has 3 N–H and O–H groups in total. The van der Waals surface area contributed by atoms with Crippen molar-refractivity contribution in [3.63, 3.8) is 0 Å². The molecule has 0 aliphatic rings. The lowest BCUT2D eigenvalue weighted by Crippen LogP contribution is -2.39. The number of benzene rings is 1. The quantitative estimate of drug-likeness (QED) is 0.446. The number of phenols is 1. The molecule has 0 bridgehead atoms. The van der Waals surface area contributed by atoms with Crippen LogP contribution in [0.1, 0.15) is 39.7 Å². The van der Waals surface area contributed by atoms with Gasteiger partial charge in [-0.15, -0.1) is 0 Å². The summed E-state index contributed by atoms with van der Waals surface area (Å²) < 4.78 is 10.9. The van der Waals surface area contributed by atoms with Gasteiger partial charge in [-0.05, 0) is 32.3 Å². The first-order valence-electron chi connectivity index (χ1n) is 9.02. The third-order valence-electron chi connectivity index (χ3n) is 3.90. The van der Waals surface area contributed by atoms with Gasteiger partial charge in [-0.1, -0.05) is 26.0 Å². The zero-order valence-electron chi connectivity index (χ0n) is 16.1. The Morgan fingerprint density at radius 1 is 1.24 bits per heavy atom. The molecule has 1 atom stereocenters. The Hall–Kier alpha value is -1.95. The van der Waals surface area contributed by atoms with E-state index in [1.165, 1.54) is 7.11 Å². The first-order valence-corrected chi connectivity index (χ1v) is 9.02. The van der Waals surface area contributed by atoms with E-state index in [2.05, 4.69) is 29.5 Å². The van der Waals surface area contributed by atoms with Gasteiger partial charge in [0.15, 0.2) is 17.5 Å². The van der Waals surface area contributed by atoms with Gasteiger partial charge in [0, 0.05) is 25.3 Å². The van der Waals surface area contributed by atoms with Gasteiger partial charge < -0.3 is 25.2 Å². The molecule has 0 saturated carbocycles. The normalized spacial score (nSPS) is 13.0. The average molecular weight is 351 g/mol. The number of aromatic hydroxyl groups is 1. The van der Waals surface area contributed by atoms with Crippen LogP contribution in [0.15, 0.2) is 23.2 Å². The van der Waals surface area contributed by atoms with E-state index in [9.17, 15) is 5.11 Å². The summed E-state index contributed by atoms with van der Waals surface area (Å²) in [5.41, 5.74) is 0.728. The van der Waals surface area contributed by atoms with E-state index >= 15 is 0 Å². The van der Waals surface area contributed by atoms with Crippen LogP contribution in [0.3, 0.4) is 0 Å². The molecule has 0 aliphatic carbocycles. The summed E-state index contributed by atoms with van der Waals surface area (Å²) in [7, 11) is 1.54. The van der Waals surface area contributed by atoms with Gasteiger partial charge in [0.2, 0.25) is 0 Å². The highest BCUT2D eigenvalue weighted by Crippen LogP contribution is 2.29.